The molecule has 0 aromatic rings. The Hall–Kier alpha value is -0.570. The van der Waals surface area contributed by atoms with Gasteiger partial charge in [-0.3, -0.25) is 4.79 Å². The fourth-order valence-electron chi connectivity index (χ4n) is 3.56. The normalized spacial score (nSPS) is 33.5. The molecule has 1 heterocycles. The summed E-state index contributed by atoms with van der Waals surface area (Å²) in [6.07, 6.45) is 8.43. The zero-order chi connectivity index (χ0) is 13.9. The predicted molar refractivity (Wildman–Crippen MR) is 74.9 cm³/mol. The first-order chi connectivity index (χ1) is 9.14. The maximum Gasteiger partial charge on any atom is 0.312 e. The lowest BCUT2D eigenvalue weighted by Gasteiger charge is -2.30. The summed E-state index contributed by atoms with van der Waals surface area (Å²) in [5.41, 5.74) is -0.167. The molecule has 0 unspecified atom stereocenters. The van der Waals surface area contributed by atoms with Gasteiger partial charge in [-0.2, -0.15) is 0 Å². The van der Waals surface area contributed by atoms with Crippen LogP contribution in [0.15, 0.2) is 0 Å². The third-order valence-electron chi connectivity index (χ3n) is 4.97. The minimum Gasteiger partial charge on any atom is -0.459 e. The van der Waals surface area contributed by atoms with Crippen LogP contribution in [0.3, 0.4) is 0 Å². The summed E-state index contributed by atoms with van der Waals surface area (Å²) < 4.78 is 11.9. The SMILES string of the molecule is CC[C@H]1C[C@H](C(=O)OC2(CC)CCCC2)[C@@H](CC)O1. The number of hydrogen-bond acceptors (Lipinski definition) is 3. The second kappa shape index (κ2) is 6.25. The topological polar surface area (TPSA) is 35.5 Å². The van der Waals surface area contributed by atoms with E-state index >= 15 is 0 Å². The van der Waals surface area contributed by atoms with E-state index in [1.54, 1.807) is 0 Å². The fraction of sp³-hybridized carbons (Fsp3) is 0.938. The van der Waals surface area contributed by atoms with Gasteiger partial charge in [0.1, 0.15) is 5.60 Å². The second-order valence-corrected chi connectivity index (χ2v) is 6.12. The van der Waals surface area contributed by atoms with Crippen molar-refractivity contribution in [2.45, 2.75) is 89.9 Å². The Kier molecular flexibility index (Phi) is 4.88. The summed E-state index contributed by atoms with van der Waals surface area (Å²) in [6.45, 7) is 6.35. The van der Waals surface area contributed by atoms with Gasteiger partial charge in [-0.15, -0.1) is 0 Å². The number of carbonyl (C=O) groups excluding carboxylic acids is 1. The third kappa shape index (κ3) is 3.13. The van der Waals surface area contributed by atoms with Crippen LogP contribution in [0.4, 0.5) is 0 Å². The first kappa shape index (κ1) is 14.8. The Morgan fingerprint density at radius 3 is 2.42 bits per heavy atom. The molecule has 0 amide bonds. The first-order valence-electron chi connectivity index (χ1n) is 8.02. The van der Waals surface area contributed by atoms with Gasteiger partial charge >= 0.3 is 5.97 Å². The molecular formula is C16H28O3. The molecule has 3 atom stereocenters. The summed E-state index contributed by atoms with van der Waals surface area (Å²) in [6, 6.07) is 0. The minimum atomic E-state index is -0.167. The van der Waals surface area contributed by atoms with E-state index in [4.69, 9.17) is 9.47 Å². The van der Waals surface area contributed by atoms with Crippen molar-refractivity contribution in [3.63, 3.8) is 0 Å². The minimum absolute atomic E-state index is 0.00782. The molecular weight excluding hydrogens is 240 g/mol. The Morgan fingerprint density at radius 2 is 1.89 bits per heavy atom. The summed E-state index contributed by atoms with van der Waals surface area (Å²) in [5.74, 6) is -0.0504. The number of ether oxygens (including phenoxy) is 2. The van der Waals surface area contributed by atoms with E-state index in [1.165, 1.54) is 12.8 Å². The highest BCUT2D eigenvalue weighted by Crippen LogP contribution is 2.39. The highest BCUT2D eigenvalue weighted by molar-refractivity contribution is 5.74. The van der Waals surface area contributed by atoms with E-state index in [0.717, 1.165) is 38.5 Å². The van der Waals surface area contributed by atoms with E-state index < -0.39 is 0 Å². The van der Waals surface area contributed by atoms with Gasteiger partial charge in [0.2, 0.25) is 0 Å². The summed E-state index contributed by atoms with van der Waals surface area (Å²) >= 11 is 0. The largest absolute Gasteiger partial charge is 0.459 e. The third-order valence-corrected chi connectivity index (χ3v) is 4.97. The lowest BCUT2D eigenvalue weighted by molar-refractivity contribution is -0.166. The predicted octanol–water partition coefficient (Wildman–Crippen LogP) is 3.85. The van der Waals surface area contributed by atoms with Crippen LogP contribution in [0.1, 0.15) is 72.1 Å². The molecule has 19 heavy (non-hydrogen) atoms. The van der Waals surface area contributed by atoms with Gasteiger partial charge in [-0.1, -0.05) is 20.8 Å². The van der Waals surface area contributed by atoms with Gasteiger partial charge in [-0.05, 0) is 51.4 Å². The van der Waals surface area contributed by atoms with Crippen LogP contribution < -0.4 is 0 Å². The smallest absolute Gasteiger partial charge is 0.312 e. The molecule has 110 valence electrons. The molecule has 0 spiro atoms. The molecule has 2 aliphatic rings. The quantitative estimate of drug-likeness (QED) is 0.711. The molecule has 3 heteroatoms. The Bertz CT molecular complexity index is 307. The number of rotatable bonds is 5. The van der Waals surface area contributed by atoms with Crippen LogP contribution in [0, 0.1) is 5.92 Å². The molecule has 0 radical (unpaired) electrons. The van der Waals surface area contributed by atoms with Gasteiger partial charge in [0.15, 0.2) is 0 Å². The van der Waals surface area contributed by atoms with Gasteiger partial charge < -0.3 is 9.47 Å². The van der Waals surface area contributed by atoms with Crippen molar-refractivity contribution in [1.29, 1.82) is 0 Å². The van der Waals surface area contributed by atoms with E-state index in [0.29, 0.717) is 0 Å². The molecule has 0 N–H and O–H groups in total. The van der Waals surface area contributed by atoms with Crippen molar-refractivity contribution in [1.82, 2.24) is 0 Å². The monoisotopic (exact) mass is 268 g/mol. The number of hydrogen-bond donors (Lipinski definition) is 0. The highest BCUT2D eigenvalue weighted by Gasteiger charge is 2.43. The first-order valence-corrected chi connectivity index (χ1v) is 8.02. The van der Waals surface area contributed by atoms with Crippen molar-refractivity contribution in [3.05, 3.63) is 0 Å². The van der Waals surface area contributed by atoms with Crippen LogP contribution >= 0.6 is 0 Å². The van der Waals surface area contributed by atoms with Gasteiger partial charge in [0, 0.05) is 0 Å². The molecule has 2 rings (SSSR count). The zero-order valence-corrected chi connectivity index (χ0v) is 12.6. The maximum atomic E-state index is 12.5. The van der Waals surface area contributed by atoms with Crippen molar-refractivity contribution in [3.8, 4) is 0 Å². The maximum absolute atomic E-state index is 12.5. The van der Waals surface area contributed by atoms with Crippen LogP contribution in [0.2, 0.25) is 0 Å². The van der Waals surface area contributed by atoms with Gasteiger partial charge in [0.25, 0.3) is 0 Å². The number of esters is 1. The zero-order valence-electron chi connectivity index (χ0n) is 12.6. The number of carbonyl (C=O) groups is 1. The highest BCUT2D eigenvalue weighted by atomic mass is 16.6. The Morgan fingerprint density at radius 1 is 1.21 bits per heavy atom. The van der Waals surface area contributed by atoms with Crippen molar-refractivity contribution < 1.29 is 14.3 Å². The molecule has 1 saturated carbocycles. The van der Waals surface area contributed by atoms with E-state index in [9.17, 15) is 4.79 Å². The molecule has 1 aliphatic carbocycles. The molecule has 0 aromatic heterocycles. The van der Waals surface area contributed by atoms with E-state index in [2.05, 4.69) is 20.8 Å². The van der Waals surface area contributed by atoms with Gasteiger partial charge in [-0.25, -0.2) is 0 Å². The molecule has 1 saturated heterocycles. The molecule has 0 bridgehead atoms. The van der Waals surface area contributed by atoms with Crippen LogP contribution in [-0.4, -0.2) is 23.8 Å². The summed E-state index contributed by atoms with van der Waals surface area (Å²) in [4.78, 5) is 12.5. The van der Waals surface area contributed by atoms with Crippen molar-refractivity contribution >= 4 is 5.97 Å². The lowest BCUT2D eigenvalue weighted by Crippen LogP contribution is -2.36. The Balaban J connectivity index is 1.98. The molecule has 2 fully saturated rings. The van der Waals surface area contributed by atoms with E-state index in [1.807, 2.05) is 0 Å². The van der Waals surface area contributed by atoms with Crippen LogP contribution in [0.5, 0.6) is 0 Å². The molecule has 0 aromatic carbocycles. The second-order valence-electron chi connectivity index (χ2n) is 6.12. The fourth-order valence-corrected chi connectivity index (χ4v) is 3.56. The lowest BCUT2D eigenvalue weighted by atomic mass is 9.95. The molecule has 1 aliphatic heterocycles. The van der Waals surface area contributed by atoms with Crippen LogP contribution in [-0.2, 0) is 14.3 Å². The summed E-state index contributed by atoms with van der Waals surface area (Å²) in [5, 5.41) is 0. The molecule has 3 nitrogen and oxygen atoms in total. The Labute approximate surface area is 117 Å². The summed E-state index contributed by atoms with van der Waals surface area (Å²) in [7, 11) is 0. The standard InChI is InChI=1S/C16H28O3/c1-4-12-11-13(14(5-2)18-12)15(17)19-16(6-3)9-7-8-10-16/h12-14H,4-11H2,1-3H3/t12-,13-,14+/m0/s1. The van der Waals surface area contributed by atoms with Crippen LogP contribution in [0.25, 0.3) is 0 Å². The average molecular weight is 268 g/mol. The van der Waals surface area contributed by atoms with Crippen molar-refractivity contribution in [2.75, 3.05) is 0 Å². The van der Waals surface area contributed by atoms with E-state index in [-0.39, 0.29) is 29.7 Å². The van der Waals surface area contributed by atoms with Crippen molar-refractivity contribution in [2.24, 2.45) is 5.92 Å². The average Bonchev–Trinajstić information content (AvgIpc) is 3.05. The van der Waals surface area contributed by atoms with Gasteiger partial charge in [0.05, 0.1) is 18.1 Å².